The number of benzene rings is 2. The number of hydrogen-bond donors (Lipinski definition) is 1. The first-order valence-corrected chi connectivity index (χ1v) is 24.4. The van der Waals surface area contributed by atoms with E-state index in [0.717, 1.165) is 16.8 Å². The van der Waals surface area contributed by atoms with Crippen molar-refractivity contribution in [2.24, 2.45) is 25.9 Å². The van der Waals surface area contributed by atoms with Crippen molar-refractivity contribution in [1.29, 1.82) is 0 Å². The molecule has 0 radical (unpaired) electrons. The van der Waals surface area contributed by atoms with Gasteiger partial charge in [0.05, 0.1) is 46.4 Å². The predicted molar refractivity (Wildman–Crippen MR) is 241 cm³/mol. The van der Waals surface area contributed by atoms with Gasteiger partial charge in [-0.1, -0.05) is 31.5 Å². The van der Waals surface area contributed by atoms with E-state index in [9.17, 15) is 18.4 Å². The number of nitrogens with zero attached hydrogens (tertiary/aromatic N) is 11. The molecule has 0 saturated carbocycles. The Morgan fingerprint density at radius 1 is 0.797 bits per heavy atom. The number of carbonyl (C=O) groups is 2. The first kappa shape index (κ1) is 42.0. The Morgan fingerprint density at radius 3 is 1.88 bits per heavy atom. The van der Waals surface area contributed by atoms with Gasteiger partial charge >= 0.3 is 0 Å². The van der Waals surface area contributed by atoms with Gasteiger partial charge in [0.15, 0.2) is 11.3 Å². The summed E-state index contributed by atoms with van der Waals surface area (Å²) in [5.41, 5.74) is 6.45. The van der Waals surface area contributed by atoms with Crippen LogP contribution in [0.1, 0.15) is 20.7 Å². The smallest absolute Gasteiger partial charge is 0.257 e. The number of halogens is 2. The number of carbonyl (C=O) groups excluding carboxylic acids is 2. The number of aromatic amines is 1. The van der Waals surface area contributed by atoms with Crippen molar-refractivity contribution in [1.82, 2.24) is 58.8 Å². The number of aryl methyl sites for hydroxylation is 2. The first-order valence-electron chi connectivity index (χ1n) is 20.7. The second-order valence-electron chi connectivity index (χ2n) is 17.4. The summed E-state index contributed by atoms with van der Waals surface area (Å²) in [5.74, 6) is 4.61. The summed E-state index contributed by atoms with van der Waals surface area (Å²) in [4.78, 5) is 51.1. The van der Waals surface area contributed by atoms with Crippen LogP contribution < -0.4 is 0 Å². The van der Waals surface area contributed by atoms with Crippen LogP contribution in [0.4, 0.5) is 8.78 Å². The fourth-order valence-electron chi connectivity index (χ4n) is 7.81. The Labute approximate surface area is 367 Å². The van der Waals surface area contributed by atoms with Crippen molar-refractivity contribution < 1.29 is 23.1 Å². The molecular weight excluding hydrogens is 835 g/mol. The van der Waals surface area contributed by atoms with Crippen LogP contribution in [0.2, 0.25) is 25.7 Å². The third-order valence-electron chi connectivity index (χ3n) is 11.6. The molecule has 2 aromatic carbocycles. The topological polar surface area (TPSA) is 158 Å². The molecule has 0 unspecified atom stereocenters. The normalized spacial score (nSPS) is 14.4. The molecule has 2 aliphatic rings. The lowest BCUT2D eigenvalue weighted by Crippen LogP contribution is -2.49. The van der Waals surface area contributed by atoms with E-state index in [1.165, 1.54) is 24.3 Å². The van der Waals surface area contributed by atoms with Crippen molar-refractivity contribution in [3.8, 4) is 47.5 Å². The molecule has 64 heavy (non-hydrogen) atoms. The van der Waals surface area contributed by atoms with Gasteiger partial charge < -0.3 is 24.1 Å². The number of fused-ring (bicyclic) bond motifs is 4. The Hall–Kier alpha value is -7.28. The number of ether oxygens (including phenoxy) is 1. The lowest BCUT2D eigenvalue weighted by molar-refractivity contribution is 0.0574. The molecule has 324 valence electrons. The van der Waals surface area contributed by atoms with Gasteiger partial charge in [-0.3, -0.25) is 19.0 Å². The molecule has 2 fully saturated rings. The maximum Gasteiger partial charge on any atom is 0.257 e. The second-order valence-corrected chi connectivity index (χ2v) is 23.0. The van der Waals surface area contributed by atoms with Crippen LogP contribution in [-0.4, -0.2) is 112 Å². The van der Waals surface area contributed by atoms with E-state index in [4.69, 9.17) is 22.6 Å². The summed E-state index contributed by atoms with van der Waals surface area (Å²) >= 11 is 0. The number of amides is 2. The predicted octanol–water partition coefficient (Wildman–Crippen LogP) is 6.50. The van der Waals surface area contributed by atoms with Gasteiger partial charge in [-0.2, -0.15) is 10.2 Å². The molecule has 2 amide bonds. The molecule has 8 heterocycles. The zero-order valence-corrected chi connectivity index (χ0v) is 36.9. The fourth-order valence-corrected chi connectivity index (χ4v) is 8.57. The van der Waals surface area contributed by atoms with E-state index in [1.807, 2.05) is 4.57 Å². The number of hydrogen-bond acceptors (Lipinski definition) is 9. The fraction of sp³-hybridized carbons (Fsp3) is 0.304. The summed E-state index contributed by atoms with van der Waals surface area (Å²) in [7, 11) is 2.28. The Morgan fingerprint density at radius 2 is 1.33 bits per heavy atom. The summed E-state index contributed by atoms with van der Waals surface area (Å²) in [6.07, 6.45) is 17.5. The van der Waals surface area contributed by atoms with Crippen LogP contribution in [0.15, 0.2) is 61.2 Å². The maximum absolute atomic E-state index is 13.8. The summed E-state index contributed by atoms with van der Waals surface area (Å²) in [5, 5.41) is 10.6. The molecule has 15 nitrogen and oxygen atoms in total. The molecule has 18 heteroatoms. The number of rotatable bonds is 9. The molecular formula is C46H44F2N12O3Si. The van der Waals surface area contributed by atoms with E-state index in [1.54, 1.807) is 70.2 Å². The third-order valence-corrected chi connectivity index (χ3v) is 13.3. The molecule has 0 bridgehead atoms. The number of nitrogens with one attached hydrogen (secondary N) is 1. The van der Waals surface area contributed by atoms with Crippen molar-refractivity contribution in [2.45, 2.75) is 32.4 Å². The van der Waals surface area contributed by atoms with Gasteiger partial charge in [-0.25, -0.2) is 28.7 Å². The molecule has 2 saturated heterocycles. The van der Waals surface area contributed by atoms with E-state index < -0.39 is 8.07 Å². The van der Waals surface area contributed by atoms with Gasteiger partial charge in [0.25, 0.3) is 11.8 Å². The highest BCUT2D eigenvalue weighted by Gasteiger charge is 2.33. The minimum Gasteiger partial charge on any atom is -0.361 e. The van der Waals surface area contributed by atoms with Crippen molar-refractivity contribution in [2.75, 3.05) is 32.8 Å². The van der Waals surface area contributed by atoms with Crippen molar-refractivity contribution >= 4 is 64.0 Å². The van der Waals surface area contributed by atoms with Crippen LogP contribution in [0, 0.1) is 48.2 Å². The molecule has 0 aliphatic carbocycles. The van der Waals surface area contributed by atoms with Gasteiger partial charge in [0.2, 0.25) is 0 Å². The summed E-state index contributed by atoms with van der Waals surface area (Å²) in [6, 6.07) is 10.0. The van der Waals surface area contributed by atoms with E-state index >= 15 is 0 Å². The molecule has 6 aromatic heterocycles. The standard InChI is InChI=1S/C26H29FN6O2Si.C20H15FN6O/c1-6-17-13-32(14-17)26(34)20-15-33(16-35-9-10-36(3,4)5)25-24(20)29-21(12-28-25)23-19-8-7-18(27)11-22(19)31(2)30-23;1-3-11-9-27(10-11)20(28)14-7-22-19-18(14)24-15(8-23-19)17-13-5-4-12(21)6-16(13)26(2)25-17/h1,7-8,11-12,15,17H,9-10,13-14,16H2,2-5H3;1,4-8,11H,9-10H2,2H3,(H,22,23). The number of H-pyrrole nitrogens is 1. The van der Waals surface area contributed by atoms with Crippen LogP contribution in [0.5, 0.6) is 0 Å². The zero-order valence-electron chi connectivity index (χ0n) is 35.9. The minimum absolute atomic E-state index is 0.0779. The highest BCUT2D eigenvalue weighted by molar-refractivity contribution is 6.76. The molecule has 2 aliphatic heterocycles. The van der Waals surface area contributed by atoms with Crippen molar-refractivity contribution in [3.05, 3.63) is 83.9 Å². The van der Waals surface area contributed by atoms with Crippen LogP contribution in [-0.2, 0) is 25.6 Å². The average molecular weight is 879 g/mol. The Bertz CT molecular complexity index is 3230. The Kier molecular flexibility index (Phi) is 10.8. The highest BCUT2D eigenvalue weighted by Crippen LogP contribution is 2.32. The van der Waals surface area contributed by atoms with E-state index in [0.29, 0.717) is 100 Å². The maximum atomic E-state index is 13.8. The lowest BCUT2D eigenvalue weighted by atomic mass is 10.0. The molecule has 10 rings (SSSR count). The summed E-state index contributed by atoms with van der Waals surface area (Å²) in [6.45, 7) is 9.98. The Balaban J connectivity index is 0.000000167. The van der Waals surface area contributed by atoms with E-state index in [-0.39, 0.29) is 42.0 Å². The first-order chi connectivity index (χ1) is 30.7. The van der Waals surface area contributed by atoms with Crippen LogP contribution >= 0.6 is 0 Å². The minimum atomic E-state index is -1.22. The number of likely N-dealkylation sites (tertiary alicyclic amines) is 2. The number of aromatic nitrogens is 10. The highest BCUT2D eigenvalue weighted by atomic mass is 28.3. The average Bonchev–Trinajstić information content (AvgIpc) is 4.00. The largest absolute Gasteiger partial charge is 0.361 e. The van der Waals surface area contributed by atoms with E-state index in [2.05, 4.69) is 61.6 Å². The second kappa shape index (κ2) is 16.4. The van der Waals surface area contributed by atoms with Gasteiger partial charge in [-0.05, 0) is 42.4 Å². The quantitative estimate of drug-likeness (QED) is 0.0972. The van der Waals surface area contributed by atoms with Gasteiger partial charge in [0, 0.05) is 78.1 Å². The molecule has 1 N–H and O–H groups in total. The zero-order chi connectivity index (χ0) is 45.0. The van der Waals surface area contributed by atoms with Gasteiger partial charge in [-0.15, -0.1) is 12.8 Å². The molecule has 8 aromatic rings. The lowest BCUT2D eigenvalue weighted by Gasteiger charge is -2.36. The van der Waals surface area contributed by atoms with Crippen LogP contribution in [0.25, 0.3) is 66.9 Å². The molecule has 0 atom stereocenters. The van der Waals surface area contributed by atoms with Gasteiger partial charge in [0.1, 0.15) is 52.2 Å². The number of terminal acetylenes is 2. The third kappa shape index (κ3) is 7.86. The van der Waals surface area contributed by atoms with Crippen molar-refractivity contribution in [3.63, 3.8) is 0 Å². The monoisotopic (exact) mass is 878 g/mol. The molecule has 0 spiro atoms. The SMILES string of the molecule is C#CC1CN(C(=O)c2c[nH]c3ncc(-c4nn(C)c5cc(F)ccc45)nc23)C1.C#CC1CN(C(=O)c2cn(COCC[Si](C)(C)C)c3ncc(-c4nn(C)c5cc(F)ccc45)nc23)C1. The summed E-state index contributed by atoms with van der Waals surface area (Å²) < 4.78 is 38.4. The van der Waals surface area contributed by atoms with Crippen LogP contribution in [0.3, 0.4) is 0 Å².